The summed E-state index contributed by atoms with van der Waals surface area (Å²) in [4.78, 5) is 11.4. The Balaban J connectivity index is 2.70. The Morgan fingerprint density at radius 3 is 2.80 bits per heavy atom. The van der Waals surface area contributed by atoms with Gasteiger partial charge in [-0.15, -0.1) is 0 Å². The molecule has 0 heterocycles. The fraction of sp³-hybridized carbons (Fsp3) is 0.200. The Morgan fingerprint density at radius 1 is 1.47 bits per heavy atom. The molecule has 0 aliphatic heterocycles. The number of rotatable bonds is 3. The van der Waals surface area contributed by atoms with Crippen LogP contribution in [-0.4, -0.2) is 22.7 Å². The second-order valence-electron chi connectivity index (χ2n) is 2.87. The molecule has 0 aliphatic carbocycles. The van der Waals surface area contributed by atoms with Gasteiger partial charge in [0.2, 0.25) is 0 Å². The summed E-state index contributed by atoms with van der Waals surface area (Å²) in [6.07, 6.45) is 0.213. The van der Waals surface area contributed by atoms with Crippen molar-refractivity contribution < 1.29 is 15.0 Å². The lowest BCUT2D eigenvalue weighted by atomic mass is 10.2. The summed E-state index contributed by atoms with van der Waals surface area (Å²) in [6.45, 7) is 0.232. The molecule has 5 heteroatoms. The molecular formula is C10H10N2O3. The third-order valence-electron chi connectivity index (χ3n) is 1.75. The van der Waals surface area contributed by atoms with Crippen molar-refractivity contribution in [1.82, 2.24) is 5.32 Å². The molecule has 5 nitrogen and oxygen atoms in total. The molecule has 0 saturated carbocycles. The van der Waals surface area contributed by atoms with Crippen molar-refractivity contribution in [2.24, 2.45) is 0 Å². The molecule has 0 atom stereocenters. The lowest BCUT2D eigenvalue weighted by molar-refractivity contribution is 0.0952. The van der Waals surface area contributed by atoms with Crippen molar-refractivity contribution in [3.63, 3.8) is 0 Å². The first-order chi connectivity index (χ1) is 7.15. The first-order valence-electron chi connectivity index (χ1n) is 4.32. The van der Waals surface area contributed by atoms with Crippen LogP contribution in [0.15, 0.2) is 18.2 Å². The maximum absolute atomic E-state index is 11.4. The van der Waals surface area contributed by atoms with E-state index in [9.17, 15) is 9.90 Å². The van der Waals surface area contributed by atoms with E-state index in [2.05, 4.69) is 5.32 Å². The average Bonchev–Trinajstić information content (AvgIpc) is 2.17. The molecule has 0 bridgehead atoms. The third kappa shape index (κ3) is 2.88. The Morgan fingerprint density at radius 2 is 2.20 bits per heavy atom. The van der Waals surface area contributed by atoms with Gasteiger partial charge in [0, 0.05) is 12.6 Å². The number of amides is 1. The zero-order chi connectivity index (χ0) is 11.3. The Hall–Kier alpha value is -2.22. The summed E-state index contributed by atoms with van der Waals surface area (Å²) in [6, 6.07) is 5.58. The van der Waals surface area contributed by atoms with E-state index in [-0.39, 0.29) is 30.0 Å². The van der Waals surface area contributed by atoms with Crippen molar-refractivity contribution in [2.75, 3.05) is 6.54 Å². The number of phenols is 2. The molecule has 0 saturated heterocycles. The summed E-state index contributed by atoms with van der Waals surface area (Å²) in [5, 5.41) is 29.0. The van der Waals surface area contributed by atoms with E-state index in [1.165, 1.54) is 12.1 Å². The van der Waals surface area contributed by atoms with E-state index in [4.69, 9.17) is 10.4 Å². The molecule has 0 radical (unpaired) electrons. The summed E-state index contributed by atoms with van der Waals surface area (Å²) < 4.78 is 0. The van der Waals surface area contributed by atoms with Crippen LogP contribution in [0.1, 0.15) is 16.8 Å². The number of hydrogen-bond acceptors (Lipinski definition) is 4. The summed E-state index contributed by atoms with van der Waals surface area (Å²) >= 11 is 0. The Bertz CT molecular complexity index is 410. The van der Waals surface area contributed by atoms with Crippen molar-refractivity contribution in [3.8, 4) is 17.6 Å². The fourth-order valence-electron chi connectivity index (χ4n) is 1.04. The third-order valence-corrected chi connectivity index (χ3v) is 1.75. The molecule has 0 spiro atoms. The number of nitriles is 1. The van der Waals surface area contributed by atoms with Gasteiger partial charge in [-0.05, 0) is 12.1 Å². The second kappa shape index (κ2) is 4.86. The lowest BCUT2D eigenvalue weighted by Gasteiger charge is -2.05. The fourth-order valence-corrected chi connectivity index (χ4v) is 1.04. The molecule has 3 N–H and O–H groups in total. The van der Waals surface area contributed by atoms with Crippen LogP contribution < -0.4 is 5.32 Å². The van der Waals surface area contributed by atoms with E-state index in [0.717, 1.165) is 6.07 Å². The van der Waals surface area contributed by atoms with Gasteiger partial charge in [-0.1, -0.05) is 0 Å². The van der Waals surface area contributed by atoms with E-state index < -0.39 is 5.91 Å². The average molecular weight is 206 g/mol. The normalized spacial score (nSPS) is 9.27. The molecule has 0 fully saturated rings. The first kappa shape index (κ1) is 10.9. The topological polar surface area (TPSA) is 93.4 Å². The standard InChI is InChI=1S/C10H10N2O3/c11-4-1-5-12-10(15)8-3-2-7(13)6-9(8)14/h2-3,6,13-14H,1,5H2,(H,12,15). The van der Waals surface area contributed by atoms with Gasteiger partial charge in [-0.25, -0.2) is 0 Å². The largest absolute Gasteiger partial charge is 0.508 e. The molecular weight excluding hydrogens is 196 g/mol. The predicted molar refractivity (Wildman–Crippen MR) is 52.3 cm³/mol. The molecule has 1 rings (SSSR count). The van der Waals surface area contributed by atoms with Crippen LogP contribution in [0.5, 0.6) is 11.5 Å². The number of nitrogens with one attached hydrogen (secondary N) is 1. The molecule has 0 aromatic heterocycles. The first-order valence-corrected chi connectivity index (χ1v) is 4.32. The van der Waals surface area contributed by atoms with Crippen molar-refractivity contribution in [3.05, 3.63) is 23.8 Å². The highest BCUT2D eigenvalue weighted by molar-refractivity contribution is 5.96. The molecule has 1 amide bonds. The van der Waals surface area contributed by atoms with Crippen molar-refractivity contribution in [2.45, 2.75) is 6.42 Å². The van der Waals surface area contributed by atoms with Crippen LogP contribution in [0, 0.1) is 11.3 Å². The smallest absolute Gasteiger partial charge is 0.255 e. The monoisotopic (exact) mass is 206 g/mol. The van der Waals surface area contributed by atoms with Gasteiger partial charge >= 0.3 is 0 Å². The van der Waals surface area contributed by atoms with Crippen molar-refractivity contribution >= 4 is 5.91 Å². The van der Waals surface area contributed by atoms with E-state index >= 15 is 0 Å². The quantitative estimate of drug-likeness (QED) is 0.636. The van der Waals surface area contributed by atoms with Gasteiger partial charge in [-0.3, -0.25) is 4.79 Å². The van der Waals surface area contributed by atoms with Gasteiger partial charge in [0.25, 0.3) is 5.91 Å². The molecule has 0 unspecified atom stereocenters. The number of phenolic OH excluding ortho intramolecular Hbond substituents is 2. The van der Waals surface area contributed by atoms with Gasteiger partial charge in [-0.2, -0.15) is 5.26 Å². The van der Waals surface area contributed by atoms with Crippen LogP contribution in [0.2, 0.25) is 0 Å². The minimum absolute atomic E-state index is 0.0748. The van der Waals surface area contributed by atoms with Crippen LogP contribution in [0.4, 0.5) is 0 Å². The van der Waals surface area contributed by atoms with Crippen LogP contribution in [0.3, 0.4) is 0 Å². The highest BCUT2D eigenvalue weighted by Gasteiger charge is 2.10. The molecule has 1 aromatic rings. The molecule has 0 aliphatic rings. The summed E-state index contributed by atoms with van der Waals surface area (Å²) in [7, 11) is 0. The number of carbonyl (C=O) groups excluding carboxylic acids is 1. The zero-order valence-electron chi connectivity index (χ0n) is 7.90. The van der Waals surface area contributed by atoms with Crippen LogP contribution in [0.25, 0.3) is 0 Å². The Labute approximate surface area is 86.6 Å². The van der Waals surface area contributed by atoms with Gasteiger partial charge in [0.05, 0.1) is 18.1 Å². The summed E-state index contributed by atoms with van der Waals surface area (Å²) in [5.74, 6) is -0.867. The number of hydrogen-bond donors (Lipinski definition) is 3. The van der Waals surface area contributed by atoms with Gasteiger partial charge in [0.1, 0.15) is 11.5 Å². The van der Waals surface area contributed by atoms with Crippen LogP contribution >= 0.6 is 0 Å². The minimum atomic E-state index is -0.470. The maximum atomic E-state index is 11.4. The van der Waals surface area contributed by atoms with E-state index in [1.807, 2.05) is 6.07 Å². The molecule has 15 heavy (non-hydrogen) atoms. The number of aromatic hydroxyl groups is 2. The summed E-state index contributed by atoms with van der Waals surface area (Å²) in [5.41, 5.74) is 0.0748. The number of nitrogens with zero attached hydrogens (tertiary/aromatic N) is 1. The van der Waals surface area contributed by atoms with Crippen molar-refractivity contribution in [1.29, 1.82) is 5.26 Å². The highest BCUT2D eigenvalue weighted by Crippen LogP contribution is 2.22. The number of carbonyl (C=O) groups is 1. The van der Waals surface area contributed by atoms with Crippen LogP contribution in [-0.2, 0) is 0 Å². The van der Waals surface area contributed by atoms with E-state index in [1.54, 1.807) is 0 Å². The predicted octanol–water partition coefficient (Wildman–Crippen LogP) is 0.741. The second-order valence-corrected chi connectivity index (χ2v) is 2.87. The molecule has 78 valence electrons. The number of benzene rings is 1. The molecule has 1 aromatic carbocycles. The van der Waals surface area contributed by atoms with Gasteiger partial charge in [0.15, 0.2) is 0 Å². The van der Waals surface area contributed by atoms with E-state index in [0.29, 0.717) is 0 Å². The minimum Gasteiger partial charge on any atom is -0.508 e. The Kier molecular flexibility index (Phi) is 3.52. The van der Waals surface area contributed by atoms with Gasteiger partial charge < -0.3 is 15.5 Å². The highest BCUT2D eigenvalue weighted by atomic mass is 16.3. The zero-order valence-corrected chi connectivity index (χ0v) is 7.90. The maximum Gasteiger partial charge on any atom is 0.255 e. The SMILES string of the molecule is N#CCCNC(=O)c1ccc(O)cc1O. The lowest BCUT2D eigenvalue weighted by Crippen LogP contribution is -2.24.